The minimum absolute atomic E-state index is 0.0497. The molecule has 0 bridgehead atoms. The monoisotopic (exact) mass is 279 g/mol. The lowest BCUT2D eigenvalue weighted by Crippen LogP contribution is -2.35. The van der Waals surface area contributed by atoms with Crippen LogP contribution in [0.2, 0.25) is 0 Å². The Bertz CT molecular complexity index is 677. The second-order valence-corrected chi connectivity index (χ2v) is 4.41. The summed E-state index contributed by atoms with van der Waals surface area (Å²) >= 11 is 0. The highest BCUT2D eigenvalue weighted by Gasteiger charge is 2.23. The van der Waals surface area contributed by atoms with Gasteiger partial charge in [0, 0.05) is 17.5 Å². The fourth-order valence-corrected chi connectivity index (χ4v) is 2.03. The zero-order chi connectivity index (χ0) is 14.9. The first-order valence-corrected chi connectivity index (χ1v) is 6.13. The van der Waals surface area contributed by atoms with Gasteiger partial charge in [-0.3, -0.25) is 9.59 Å². The van der Waals surface area contributed by atoms with Crippen LogP contribution in [0.15, 0.2) is 22.6 Å². The number of likely N-dealkylation sites (N-methyl/N-ethyl adjacent to an activating group) is 1. The molecule has 0 fully saturated rings. The Morgan fingerprint density at radius 2 is 2.10 bits per heavy atom. The number of furan rings is 1. The molecule has 6 heteroatoms. The number of carboxylic acid groups (broad SMARTS) is 1. The first-order chi connectivity index (χ1) is 9.43. The summed E-state index contributed by atoms with van der Waals surface area (Å²) < 4.78 is 18.6. The van der Waals surface area contributed by atoms with Crippen molar-refractivity contribution in [3.8, 4) is 0 Å². The van der Waals surface area contributed by atoms with Crippen LogP contribution in [0.1, 0.15) is 23.0 Å². The summed E-state index contributed by atoms with van der Waals surface area (Å²) in [5.41, 5.74) is 0.909. The number of benzene rings is 1. The molecule has 5 nitrogen and oxygen atoms in total. The highest BCUT2D eigenvalue weighted by molar-refractivity contribution is 5.99. The van der Waals surface area contributed by atoms with Crippen molar-refractivity contribution < 1.29 is 23.5 Å². The molecule has 0 unspecified atom stereocenters. The van der Waals surface area contributed by atoms with Crippen LogP contribution in [0.4, 0.5) is 4.39 Å². The van der Waals surface area contributed by atoms with Crippen LogP contribution in [0.3, 0.4) is 0 Å². The number of aryl methyl sites for hydroxylation is 1. The summed E-state index contributed by atoms with van der Waals surface area (Å²) in [5, 5.41) is 9.30. The van der Waals surface area contributed by atoms with Crippen LogP contribution in [0, 0.1) is 12.7 Å². The topological polar surface area (TPSA) is 70.8 Å². The van der Waals surface area contributed by atoms with Crippen molar-refractivity contribution in [3.63, 3.8) is 0 Å². The van der Waals surface area contributed by atoms with Gasteiger partial charge in [0.25, 0.3) is 5.91 Å². The summed E-state index contributed by atoms with van der Waals surface area (Å²) in [7, 11) is 0. The molecule has 106 valence electrons. The number of carbonyl (C=O) groups is 2. The Balaban J connectivity index is 2.44. The maximum Gasteiger partial charge on any atom is 0.323 e. The number of amides is 1. The molecular weight excluding hydrogens is 265 g/mol. The van der Waals surface area contributed by atoms with Crippen LogP contribution in [-0.4, -0.2) is 35.0 Å². The molecule has 0 aliphatic rings. The predicted octanol–water partition coefficient (Wildman–Crippen LogP) is 2.43. The number of carbonyl (C=O) groups excluding carboxylic acids is 1. The minimum atomic E-state index is -1.10. The summed E-state index contributed by atoms with van der Waals surface area (Å²) in [6.45, 7) is 3.17. The summed E-state index contributed by atoms with van der Waals surface area (Å²) in [6, 6.07) is 3.98. The van der Waals surface area contributed by atoms with Gasteiger partial charge in [-0.05, 0) is 32.0 Å². The quantitative estimate of drug-likeness (QED) is 0.933. The number of hydrogen-bond acceptors (Lipinski definition) is 3. The molecule has 2 aromatic rings. The third-order valence-electron chi connectivity index (χ3n) is 3.09. The molecular formula is C14H14FNO4. The van der Waals surface area contributed by atoms with Crippen LogP contribution in [-0.2, 0) is 4.79 Å². The molecule has 2 rings (SSSR count). The van der Waals surface area contributed by atoms with E-state index in [1.54, 1.807) is 13.8 Å². The lowest BCUT2D eigenvalue weighted by Gasteiger charge is -2.17. The summed E-state index contributed by atoms with van der Waals surface area (Å²) in [4.78, 5) is 24.2. The first-order valence-electron chi connectivity index (χ1n) is 6.13. The second-order valence-electron chi connectivity index (χ2n) is 4.41. The smallest absolute Gasteiger partial charge is 0.323 e. The van der Waals surface area contributed by atoms with Gasteiger partial charge in [0.05, 0.1) is 0 Å². The van der Waals surface area contributed by atoms with Gasteiger partial charge in [-0.1, -0.05) is 0 Å². The number of hydrogen-bond donors (Lipinski definition) is 1. The normalized spacial score (nSPS) is 10.8. The molecule has 0 saturated carbocycles. The highest BCUT2D eigenvalue weighted by Crippen LogP contribution is 2.26. The molecule has 0 spiro atoms. The first kappa shape index (κ1) is 14.0. The third kappa shape index (κ3) is 2.49. The van der Waals surface area contributed by atoms with E-state index in [1.165, 1.54) is 18.2 Å². The van der Waals surface area contributed by atoms with Gasteiger partial charge in [0.15, 0.2) is 5.76 Å². The zero-order valence-electron chi connectivity index (χ0n) is 11.1. The van der Waals surface area contributed by atoms with E-state index in [4.69, 9.17) is 9.52 Å². The molecule has 1 heterocycles. The molecule has 20 heavy (non-hydrogen) atoms. The number of nitrogens with zero attached hydrogens (tertiary/aromatic N) is 1. The van der Waals surface area contributed by atoms with Crippen LogP contribution >= 0.6 is 0 Å². The highest BCUT2D eigenvalue weighted by atomic mass is 19.1. The fraction of sp³-hybridized carbons (Fsp3) is 0.286. The van der Waals surface area contributed by atoms with Gasteiger partial charge in [-0.15, -0.1) is 0 Å². The van der Waals surface area contributed by atoms with E-state index in [0.29, 0.717) is 16.5 Å². The summed E-state index contributed by atoms with van der Waals surface area (Å²) in [5.74, 6) is -1.98. The Morgan fingerprint density at radius 3 is 2.70 bits per heavy atom. The van der Waals surface area contributed by atoms with Gasteiger partial charge in [0.2, 0.25) is 0 Å². The van der Waals surface area contributed by atoms with Crippen molar-refractivity contribution in [1.29, 1.82) is 0 Å². The predicted molar refractivity (Wildman–Crippen MR) is 70.1 cm³/mol. The molecule has 1 aromatic carbocycles. The molecule has 1 amide bonds. The van der Waals surface area contributed by atoms with E-state index in [-0.39, 0.29) is 12.3 Å². The average molecular weight is 279 g/mol. The van der Waals surface area contributed by atoms with E-state index in [9.17, 15) is 14.0 Å². The van der Waals surface area contributed by atoms with Crippen molar-refractivity contribution in [1.82, 2.24) is 4.90 Å². The summed E-state index contributed by atoms with van der Waals surface area (Å²) in [6.07, 6.45) is 0. The SMILES string of the molecule is CCN(CC(=O)O)C(=O)c1oc2ccc(F)cc2c1C. The standard InChI is InChI=1S/C14H14FNO4/c1-3-16(7-12(17)18)14(19)13-8(2)10-6-9(15)4-5-11(10)20-13/h4-6H,3,7H2,1-2H3,(H,17,18). The van der Waals surface area contributed by atoms with Crippen molar-refractivity contribution in [2.75, 3.05) is 13.1 Å². The lowest BCUT2D eigenvalue weighted by atomic mass is 10.1. The van der Waals surface area contributed by atoms with Crippen molar-refractivity contribution in [3.05, 3.63) is 35.3 Å². The Labute approximate surface area is 114 Å². The van der Waals surface area contributed by atoms with E-state index in [2.05, 4.69) is 0 Å². The van der Waals surface area contributed by atoms with Crippen LogP contribution in [0.5, 0.6) is 0 Å². The molecule has 0 aliphatic carbocycles. The Hall–Kier alpha value is -2.37. The molecule has 1 aromatic heterocycles. The Kier molecular flexibility index (Phi) is 3.74. The number of carboxylic acids is 1. The number of aliphatic carboxylic acids is 1. The van der Waals surface area contributed by atoms with E-state index in [1.807, 2.05) is 0 Å². The number of halogens is 1. The van der Waals surface area contributed by atoms with Gasteiger partial charge in [-0.2, -0.15) is 0 Å². The molecule has 0 aliphatic heterocycles. The van der Waals surface area contributed by atoms with Crippen LogP contribution in [0.25, 0.3) is 11.0 Å². The lowest BCUT2D eigenvalue weighted by molar-refractivity contribution is -0.137. The maximum absolute atomic E-state index is 13.2. The van der Waals surface area contributed by atoms with Crippen molar-refractivity contribution in [2.24, 2.45) is 0 Å². The van der Waals surface area contributed by atoms with E-state index >= 15 is 0 Å². The molecule has 0 radical (unpaired) electrons. The fourth-order valence-electron chi connectivity index (χ4n) is 2.03. The largest absolute Gasteiger partial charge is 0.480 e. The van der Waals surface area contributed by atoms with Gasteiger partial charge >= 0.3 is 5.97 Å². The van der Waals surface area contributed by atoms with Crippen molar-refractivity contribution in [2.45, 2.75) is 13.8 Å². The molecule has 0 atom stereocenters. The molecule has 1 N–H and O–H groups in total. The van der Waals surface area contributed by atoms with E-state index in [0.717, 1.165) is 4.90 Å². The Morgan fingerprint density at radius 1 is 1.40 bits per heavy atom. The van der Waals surface area contributed by atoms with Gasteiger partial charge in [-0.25, -0.2) is 4.39 Å². The maximum atomic E-state index is 13.2. The molecule has 0 saturated heterocycles. The van der Waals surface area contributed by atoms with Crippen LogP contribution < -0.4 is 0 Å². The average Bonchev–Trinajstić information content (AvgIpc) is 2.72. The van der Waals surface area contributed by atoms with Gasteiger partial charge in [0.1, 0.15) is 17.9 Å². The second kappa shape index (κ2) is 5.32. The van der Waals surface area contributed by atoms with Gasteiger partial charge < -0.3 is 14.4 Å². The number of rotatable bonds is 4. The van der Waals surface area contributed by atoms with E-state index < -0.39 is 24.2 Å². The third-order valence-corrected chi connectivity index (χ3v) is 3.09. The van der Waals surface area contributed by atoms with Crippen molar-refractivity contribution >= 4 is 22.8 Å². The number of fused-ring (bicyclic) bond motifs is 1. The zero-order valence-corrected chi connectivity index (χ0v) is 11.1. The minimum Gasteiger partial charge on any atom is -0.480 e.